The van der Waals surface area contributed by atoms with Crippen LogP contribution in [-0.4, -0.2) is 47.8 Å². The Hall–Kier alpha value is -5.39. The molecule has 0 bridgehead atoms. The van der Waals surface area contributed by atoms with Crippen LogP contribution in [0.15, 0.2) is 83.3 Å². The van der Waals surface area contributed by atoms with E-state index in [1.54, 1.807) is 54.6 Å². The quantitative estimate of drug-likeness (QED) is 0.152. The molecule has 3 N–H and O–H groups in total. The topological polar surface area (TPSA) is 114 Å². The van der Waals surface area contributed by atoms with Crippen molar-refractivity contribution in [3.63, 3.8) is 0 Å². The lowest BCUT2D eigenvalue weighted by Crippen LogP contribution is -2.40. The number of halogens is 4. The molecule has 0 aliphatic heterocycles. The molecule has 0 spiro atoms. The number of aromatic hydroxyl groups is 1. The van der Waals surface area contributed by atoms with Crippen molar-refractivity contribution >= 4 is 22.9 Å². The lowest BCUT2D eigenvalue weighted by molar-refractivity contribution is -0.134. The van der Waals surface area contributed by atoms with E-state index in [2.05, 4.69) is 15.6 Å². The third-order valence-electron chi connectivity index (χ3n) is 6.98. The fourth-order valence-corrected chi connectivity index (χ4v) is 4.79. The van der Waals surface area contributed by atoms with Gasteiger partial charge in [0.15, 0.2) is 11.5 Å². The highest BCUT2D eigenvalue weighted by molar-refractivity contribution is 6.11. The van der Waals surface area contributed by atoms with Crippen LogP contribution in [0, 0.1) is 5.82 Å². The van der Waals surface area contributed by atoms with Gasteiger partial charge in [-0.15, -0.1) is 0 Å². The number of ether oxygens (including phenoxy) is 1. The Labute approximate surface area is 274 Å². The lowest BCUT2D eigenvalue weighted by atomic mass is 9.96. The molecule has 0 fully saturated rings. The Kier molecular flexibility index (Phi) is 10.8. The Bertz CT molecular complexity index is 1910. The van der Waals surface area contributed by atoms with Gasteiger partial charge in [0.25, 0.3) is 11.8 Å². The van der Waals surface area contributed by atoms with Crippen molar-refractivity contribution < 1.29 is 41.4 Å². The van der Waals surface area contributed by atoms with Gasteiger partial charge in [0.2, 0.25) is 5.71 Å². The molecule has 5 aromatic rings. The molecule has 12 heteroatoms. The maximum absolute atomic E-state index is 13.5. The summed E-state index contributed by atoms with van der Waals surface area (Å²) in [4.78, 5) is 30.1. The summed E-state index contributed by atoms with van der Waals surface area (Å²) in [5.74, 6) is -0.543. The molecule has 0 saturated carbocycles. The van der Waals surface area contributed by atoms with Crippen LogP contribution in [0.3, 0.4) is 0 Å². The second-order valence-corrected chi connectivity index (χ2v) is 11.8. The minimum Gasteiger partial charge on any atom is -0.504 e. The summed E-state index contributed by atoms with van der Waals surface area (Å²) >= 11 is 0. The zero-order chi connectivity index (χ0) is 35.2. The monoisotopic (exact) mass is 665 g/mol. The number of aromatic nitrogens is 1. The van der Waals surface area contributed by atoms with Crippen molar-refractivity contribution in [1.29, 1.82) is 0 Å². The average Bonchev–Trinajstić information content (AvgIpc) is 3.41. The van der Waals surface area contributed by atoms with E-state index in [1.165, 1.54) is 38.4 Å². The lowest BCUT2D eigenvalue weighted by Gasteiger charge is -2.20. The number of phenolic OH excluding ortho intramolecular Hbond substituents is 1. The first kappa shape index (κ1) is 35.5. The predicted molar refractivity (Wildman–Crippen MR) is 174 cm³/mol. The van der Waals surface area contributed by atoms with Crippen LogP contribution in [0.2, 0.25) is 0 Å². The highest BCUT2D eigenvalue weighted by Gasteiger charge is 2.29. The second-order valence-electron chi connectivity index (χ2n) is 11.8. The zero-order valence-electron chi connectivity index (χ0n) is 27.0. The molecular weight excluding hydrogens is 630 g/mol. The standard InChI is InChI=1S/C29H27F4N3O3.C7H8O2/c1-28(2,3)36-25(37)18-7-5-6-17(14-18)20-15-21-23(26(38)34-4)24(16-8-10-19(30)11-9-16)39-27(21)35-22(20)12-13-29(31,32)33;1-9-7-5-3-2-4-6(7)8/h5-11,14-15H,12-13H2,1-4H3,(H,34,38)(H,36,37);2-5,8H,1H3. The first-order valence-corrected chi connectivity index (χ1v) is 14.9. The van der Waals surface area contributed by atoms with Gasteiger partial charge in [-0.1, -0.05) is 24.3 Å². The van der Waals surface area contributed by atoms with Crippen LogP contribution in [-0.2, 0) is 6.42 Å². The van der Waals surface area contributed by atoms with Crippen LogP contribution in [0.25, 0.3) is 33.6 Å². The first-order valence-electron chi connectivity index (χ1n) is 14.9. The molecule has 5 rings (SSSR count). The Morgan fingerprint density at radius 2 is 1.60 bits per heavy atom. The van der Waals surface area contributed by atoms with Crippen molar-refractivity contribution in [2.75, 3.05) is 14.2 Å². The molecule has 3 aromatic carbocycles. The molecule has 2 amide bonds. The van der Waals surface area contributed by atoms with Crippen LogP contribution in [0.5, 0.6) is 11.5 Å². The second kappa shape index (κ2) is 14.6. The van der Waals surface area contributed by atoms with Crippen LogP contribution in [0.4, 0.5) is 17.6 Å². The van der Waals surface area contributed by atoms with E-state index in [1.807, 2.05) is 20.8 Å². The number of carbonyl (C=O) groups excluding carboxylic acids is 2. The van der Waals surface area contributed by atoms with E-state index in [-0.39, 0.29) is 39.8 Å². The number of nitrogens with one attached hydrogen (secondary N) is 2. The fourth-order valence-electron chi connectivity index (χ4n) is 4.79. The number of benzene rings is 3. The number of alkyl halides is 3. The van der Waals surface area contributed by atoms with Gasteiger partial charge in [0.05, 0.1) is 23.8 Å². The molecule has 0 aliphatic rings. The van der Waals surface area contributed by atoms with Gasteiger partial charge in [0, 0.05) is 35.7 Å². The van der Waals surface area contributed by atoms with Crippen molar-refractivity contribution in [3.8, 4) is 33.9 Å². The summed E-state index contributed by atoms with van der Waals surface area (Å²) in [6, 6.07) is 20.1. The van der Waals surface area contributed by atoms with Crippen molar-refractivity contribution in [2.45, 2.75) is 45.3 Å². The zero-order valence-corrected chi connectivity index (χ0v) is 27.0. The Morgan fingerprint density at radius 3 is 2.19 bits per heavy atom. The van der Waals surface area contributed by atoms with Gasteiger partial charge in [-0.25, -0.2) is 9.37 Å². The van der Waals surface area contributed by atoms with E-state index >= 15 is 0 Å². The number of nitrogens with zero attached hydrogens (tertiary/aromatic N) is 1. The highest BCUT2D eigenvalue weighted by Crippen LogP contribution is 2.37. The van der Waals surface area contributed by atoms with E-state index in [0.29, 0.717) is 28.0 Å². The summed E-state index contributed by atoms with van der Waals surface area (Å²) < 4.78 is 63.8. The average molecular weight is 666 g/mol. The SMILES string of the molecule is CNC(=O)c1c(-c2ccc(F)cc2)oc2nc(CCC(F)(F)F)c(-c3cccc(C(=O)NC(C)(C)C)c3)cc12.COc1ccccc1O. The first-order chi connectivity index (χ1) is 22.6. The summed E-state index contributed by atoms with van der Waals surface area (Å²) in [5, 5.41) is 14.7. The molecule has 0 unspecified atom stereocenters. The molecule has 8 nitrogen and oxygen atoms in total. The van der Waals surface area contributed by atoms with Gasteiger partial charge >= 0.3 is 6.18 Å². The number of pyridine rings is 1. The van der Waals surface area contributed by atoms with Gasteiger partial charge < -0.3 is 24.9 Å². The number of methoxy groups -OCH3 is 1. The van der Waals surface area contributed by atoms with E-state index in [9.17, 15) is 27.2 Å². The van der Waals surface area contributed by atoms with E-state index in [4.69, 9.17) is 14.3 Å². The molecule has 2 heterocycles. The van der Waals surface area contributed by atoms with E-state index < -0.39 is 36.3 Å². The van der Waals surface area contributed by atoms with Crippen molar-refractivity contribution in [2.24, 2.45) is 0 Å². The molecule has 0 atom stereocenters. The Balaban J connectivity index is 0.000000500. The summed E-state index contributed by atoms with van der Waals surface area (Å²) in [6.07, 6.45) is -6.01. The van der Waals surface area contributed by atoms with Crippen molar-refractivity contribution in [1.82, 2.24) is 15.6 Å². The number of hydrogen-bond acceptors (Lipinski definition) is 6. The van der Waals surface area contributed by atoms with E-state index in [0.717, 1.165) is 0 Å². The molecule has 0 aliphatic carbocycles. The number of hydrogen-bond donors (Lipinski definition) is 3. The molecule has 48 heavy (non-hydrogen) atoms. The van der Waals surface area contributed by atoms with Crippen LogP contribution < -0.4 is 15.4 Å². The minimum atomic E-state index is -4.43. The fraction of sp³-hybridized carbons (Fsp3) is 0.250. The minimum absolute atomic E-state index is 0.0320. The highest BCUT2D eigenvalue weighted by atomic mass is 19.4. The van der Waals surface area contributed by atoms with Gasteiger partial charge in [0.1, 0.15) is 11.6 Å². The largest absolute Gasteiger partial charge is 0.504 e. The molecule has 252 valence electrons. The predicted octanol–water partition coefficient (Wildman–Crippen LogP) is 8.08. The Morgan fingerprint density at radius 1 is 0.917 bits per heavy atom. The molecule has 0 saturated heterocycles. The number of phenols is 1. The summed E-state index contributed by atoms with van der Waals surface area (Å²) in [5.41, 5.74) is 1.16. The molecule has 0 radical (unpaired) electrons. The van der Waals surface area contributed by atoms with Crippen LogP contribution in [0.1, 0.15) is 53.6 Å². The number of rotatable bonds is 7. The maximum Gasteiger partial charge on any atom is 0.389 e. The number of aryl methyl sites for hydroxylation is 1. The smallest absolute Gasteiger partial charge is 0.389 e. The summed E-state index contributed by atoms with van der Waals surface area (Å²) in [6.45, 7) is 5.50. The maximum atomic E-state index is 13.5. The molecule has 2 aromatic heterocycles. The number of fused-ring (bicyclic) bond motifs is 1. The van der Waals surface area contributed by atoms with Gasteiger partial charge in [-0.3, -0.25) is 9.59 Å². The number of amides is 2. The normalized spacial score (nSPS) is 11.4. The number of furan rings is 1. The number of para-hydroxylation sites is 2. The molecular formula is C36H35F4N3O5. The summed E-state index contributed by atoms with van der Waals surface area (Å²) in [7, 11) is 2.95. The van der Waals surface area contributed by atoms with Gasteiger partial charge in [-0.05, 0) is 87.4 Å². The van der Waals surface area contributed by atoms with Crippen molar-refractivity contribution in [3.05, 3.63) is 102 Å². The van der Waals surface area contributed by atoms with Crippen LogP contribution >= 0.6 is 0 Å². The third-order valence-corrected chi connectivity index (χ3v) is 6.98. The van der Waals surface area contributed by atoms with Gasteiger partial charge in [-0.2, -0.15) is 13.2 Å². The third kappa shape index (κ3) is 8.90. The number of carbonyl (C=O) groups is 2.